The monoisotopic (exact) mass is 521 g/mol. The van der Waals surface area contributed by atoms with Crippen LogP contribution in [-0.2, 0) is 22.3 Å². The van der Waals surface area contributed by atoms with E-state index in [1.165, 1.54) is 36.0 Å². The third-order valence-corrected chi connectivity index (χ3v) is 9.10. The van der Waals surface area contributed by atoms with Crippen molar-refractivity contribution in [1.29, 1.82) is 0 Å². The van der Waals surface area contributed by atoms with Crippen LogP contribution >= 0.6 is 0 Å². The van der Waals surface area contributed by atoms with E-state index >= 15 is 0 Å². The van der Waals surface area contributed by atoms with Gasteiger partial charge < -0.3 is 9.47 Å². The van der Waals surface area contributed by atoms with Gasteiger partial charge in [-0.15, -0.1) is 0 Å². The Morgan fingerprint density at radius 3 is 2.44 bits per heavy atom. The Morgan fingerprint density at radius 2 is 1.67 bits per heavy atom. The van der Waals surface area contributed by atoms with Gasteiger partial charge in [-0.2, -0.15) is 5.10 Å². The van der Waals surface area contributed by atoms with Gasteiger partial charge in [-0.1, -0.05) is 30.3 Å². The van der Waals surface area contributed by atoms with E-state index in [1.54, 1.807) is 4.90 Å². The number of pyridine rings is 1. The van der Waals surface area contributed by atoms with Gasteiger partial charge in [-0.3, -0.25) is 14.9 Å². The number of benzene rings is 2. The second kappa shape index (κ2) is 9.17. The number of amides is 1. The summed E-state index contributed by atoms with van der Waals surface area (Å²) in [6.07, 6.45) is 7.67. The van der Waals surface area contributed by atoms with Gasteiger partial charge in [0.1, 0.15) is 6.61 Å². The number of aromatic nitrogens is 3. The van der Waals surface area contributed by atoms with Gasteiger partial charge >= 0.3 is 6.09 Å². The molecule has 39 heavy (non-hydrogen) atoms. The average molecular weight is 522 g/mol. The molecule has 8 heteroatoms. The van der Waals surface area contributed by atoms with Crippen molar-refractivity contribution in [1.82, 2.24) is 20.1 Å². The lowest BCUT2D eigenvalue weighted by molar-refractivity contribution is -0.148. The molecular weight excluding hydrogens is 490 g/mol. The van der Waals surface area contributed by atoms with Crippen molar-refractivity contribution in [2.45, 2.75) is 50.2 Å². The van der Waals surface area contributed by atoms with Crippen molar-refractivity contribution in [3.63, 3.8) is 0 Å². The minimum atomic E-state index is -0.294. The molecular formula is C31H31N5O3. The quantitative estimate of drug-likeness (QED) is 0.382. The van der Waals surface area contributed by atoms with E-state index in [2.05, 4.69) is 44.3 Å². The predicted molar refractivity (Wildman–Crippen MR) is 149 cm³/mol. The molecule has 198 valence electrons. The molecule has 4 aromatic rings. The number of nitrogens with one attached hydrogen (secondary N) is 1. The number of cyclic esters (lactones) is 1. The van der Waals surface area contributed by atoms with Crippen molar-refractivity contribution < 1.29 is 14.3 Å². The summed E-state index contributed by atoms with van der Waals surface area (Å²) in [6, 6.07) is 19.0. The summed E-state index contributed by atoms with van der Waals surface area (Å²) in [5.41, 5.74) is 8.72. The Morgan fingerprint density at radius 1 is 0.872 bits per heavy atom. The number of aromatic amines is 1. The molecule has 3 atom stereocenters. The first-order chi connectivity index (χ1) is 19.2. The van der Waals surface area contributed by atoms with E-state index < -0.39 is 0 Å². The van der Waals surface area contributed by atoms with Crippen LogP contribution in [-0.4, -0.2) is 70.7 Å². The van der Waals surface area contributed by atoms with Crippen molar-refractivity contribution >= 4 is 22.8 Å². The van der Waals surface area contributed by atoms with E-state index in [-0.39, 0.29) is 6.09 Å². The number of aryl methyl sites for hydroxylation is 2. The molecule has 3 fully saturated rings. The highest BCUT2D eigenvalue weighted by atomic mass is 16.6. The normalized spacial score (nSPS) is 24.8. The summed E-state index contributed by atoms with van der Waals surface area (Å²) < 4.78 is 10.8. The largest absolute Gasteiger partial charge is 0.447 e. The SMILES string of the molecule is O=C1OCCN1c1ccc(-c2[nH]nc3ncc(-c4ccc5c(c4)CCC(N4C6COCC4C6)CC5)cc23)cc1. The zero-order valence-corrected chi connectivity index (χ0v) is 21.8. The van der Waals surface area contributed by atoms with Crippen molar-refractivity contribution in [2.24, 2.45) is 0 Å². The smallest absolute Gasteiger partial charge is 0.414 e. The molecule has 0 saturated carbocycles. The molecule has 3 unspecified atom stereocenters. The third kappa shape index (κ3) is 3.93. The second-order valence-electron chi connectivity index (χ2n) is 11.2. The van der Waals surface area contributed by atoms with E-state index in [1.807, 2.05) is 30.5 Å². The fourth-order valence-corrected chi connectivity index (χ4v) is 7.04. The van der Waals surface area contributed by atoms with E-state index in [4.69, 9.17) is 9.47 Å². The number of morpholine rings is 1. The Hall–Kier alpha value is -3.75. The van der Waals surface area contributed by atoms with Crippen LogP contribution < -0.4 is 4.90 Å². The Balaban J connectivity index is 1.05. The molecule has 2 aromatic carbocycles. The van der Waals surface area contributed by atoms with E-state index in [0.29, 0.717) is 36.9 Å². The van der Waals surface area contributed by atoms with Gasteiger partial charge in [-0.05, 0) is 67.0 Å². The maximum atomic E-state index is 11.9. The first kappa shape index (κ1) is 23.2. The fraction of sp³-hybridized carbons (Fsp3) is 0.387. The van der Waals surface area contributed by atoms with Gasteiger partial charge in [0, 0.05) is 46.5 Å². The van der Waals surface area contributed by atoms with Crippen LogP contribution in [0.5, 0.6) is 0 Å². The number of ether oxygens (including phenoxy) is 2. The molecule has 3 aliphatic heterocycles. The molecule has 3 saturated heterocycles. The lowest BCUT2D eigenvalue weighted by Gasteiger charge is -2.56. The first-order valence-electron chi connectivity index (χ1n) is 14.1. The number of anilines is 1. The second-order valence-corrected chi connectivity index (χ2v) is 11.2. The first-order valence-corrected chi connectivity index (χ1v) is 14.1. The Kier molecular flexibility index (Phi) is 5.45. The van der Waals surface area contributed by atoms with Gasteiger partial charge in [0.05, 0.1) is 25.5 Å². The minimum absolute atomic E-state index is 0.294. The number of fused-ring (bicyclic) bond motifs is 4. The molecule has 4 aliphatic rings. The number of carbonyl (C=O) groups excluding carboxylic acids is 1. The summed E-state index contributed by atoms with van der Waals surface area (Å²) >= 11 is 0. The predicted octanol–water partition coefficient (Wildman–Crippen LogP) is 4.97. The molecule has 1 N–H and O–H groups in total. The highest BCUT2D eigenvalue weighted by molar-refractivity contribution is 5.94. The Labute approximate surface area is 226 Å². The molecule has 0 spiro atoms. The molecule has 2 bridgehead atoms. The summed E-state index contributed by atoms with van der Waals surface area (Å²) in [7, 11) is 0. The van der Waals surface area contributed by atoms with Gasteiger partial charge in [0.2, 0.25) is 0 Å². The van der Waals surface area contributed by atoms with Crippen LogP contribution in [0.4, 0.5) is 10.5 Å². The molecule has 8 rings (SSSR count). The van der Waals surface area contributed by atoms with Crippen molar-refractivity contribution in [3.8, 4) is 22.4 Å². The summed E-state index contributed by atoms with van der Waals surface area (Å²) in [4.78, 5) is 21.0. The highest BCUT2D eigenvalue weighted by Crippen LogP contribution is 2.38. The van der Waals surface area contributed by atoms with Crippen LogP contribution in [0.25, 0.3) is 33.4 Å². The minimum Gasteiger partial charge on any atom is -0.447 e. The number of rotatable bonds is 4. The number of hydrogen-bond donors (Lipinski definition) is 1. The number of nitrogens with zero attached hydrogens (tertiary/aromatic N) is 4. The topological polar surface area (TPSA) is 83.6 Å². The lowest BCUT2D eigenvalue weighted by Crippen LogP contribution is -2.66. The maximum Gasteiger partial charge on any atom is 0.414 e. The van der Waals surface area contributed by atoms with Crippen molar-refractivity contribution in [2.75, 3.05) is 31.3 Å². The van der Waals surface area contributed by atoms with Crippen LogP contribution in [0.2, 0.25) is 0 Å². The molecule has 1 amide bonds. The van der Waals surface area contributed by atoms with Gasteiger partial charge in [0.25, 0.3) is 0 Å². The standard InChI is InChI=1S/C31H31N5O3/c37-31-35(11-12-39-31)24-7-4-20(5-8-24)29-28-14-23(16-32-30(28)34-33-29)22-2-1-19-3-9-25(10-6-21(19)13-22)36-26-15-27(36)18-38-17-26/h1-2,4-5,7-8,13-14,16,25-27H,3,6,9-12,15,17-18H2,(H,32,33,34). The molecule has 0 radical (unpaired) electrons. The molecule has 5 heterocycles. The van der Waals surface area contributed by atoms with Gasteiger partial charge in [-0.25, -0.2) is 9.78 Å². The maximum absolute atomic E-state index is 11.9. The highest BCUT2D eigenvalue weighted by Gasteiger charge is 2.45. The van der Waals surface area contributed by atoms with Crippen molar-refractivity contribution in [3.05, 3.63) is 65.9 Å². The fourth-order valence-electron chi connectivity index (χ4n) is 7.04. The summed E-state index contributed by atoms with van der Waals surface area (Å²) in [5, 5.41) is 8.62. The average Bonchev–Trinajstić information content (AvgIpc) is 3.54. The molecule has 8 nitrogen and oxygen atoms in total. The molecule has 1 aliphatic carbocycles. The summed E-state index contributed by atoms with van der Waals surface area (Å²) in [6.45, 7) is 2.83. The third-order valence-electron chi connectivity index (χ3n) is 9.10. The van der Waals surface area contributed by atoms with Crippen LogP contribution in [0, 0.1) is 0 Å². The summed E-state index contributed by atoms with van der Waals surface area (Å²) in [5.74, 6) is 0. The van der Waals surface area contributed by atoms with Crippen LogP contribution in [0.3, 0.4) is 0 Å². The van der Waals surface area contributed by atoms with Crippen LogP contribution in [0.1, 0.15) is 30.4 Å². The molecule has 2 aromatic heterocycles. The van der Waals surface area contributed by atoms with E-state index in [0.717, 1.165) is 53.9 Å². The number of carbonyl (C=O) groups is 1. The van der Waals surface area contributed by atoms with Crippen LogP contribution in [0.15, 0.2) is 54.7 Å². The number of H-pyrrole nitrogens is 1. The lowest BCUT2D eigenvalue weighted by atomic mass is 9.87. The Bertz CT molecular complexity index is 1550. The van der Waals surface area contributed by atoms with E-state index in [9.17, 15) is 4.79 Å². The number of hydrogen-bond acceptors (Lipinski definition) is 6. The zero-order chi connectivity index (χ0) is 25.9. The van der Waals surface area contributed by atoms with Gasteiger partial charge in [0.15, 0.2) is 5.65 Å². The zero-order valence-electron chi connectivity index (χ0n) is 21.8.